The molecule has 37 heavy (non-hydrogen) atoms. The number of hydrogen-bond donors (Lipinski definition) is 1. The van der Waals surface area contributed by atoms with Gasteiger partial charge in [-0.2, -0.15) is 0 Å². The number of carbonyl (C=O) groups is 1. The fraction of sp³-hybridized carbons (Fsp3) is 0.194. The highest BCUT2D eigenvalue weighted by atomic mass is 19.1. The molecule has 6 heteroatoms. The molecule has 0 saturated heterocycles. The van der Waals surface area contributed by atoms with Crippen LogP contribution in [0.2, 0.25) is 0 Å². The Labute approximate surface area is 215 Å². The summed E-state index contributed by atoms with van der Waals surface area (Å²) >= 11 is 0. The molecule has 6 rings (SSSR count). The van der Waals surface area contributed by atoms with Gasteiger partial charge in [0.2, 0.25) is 0 Å². The number of carbonyl (C=O) groups excluding carboxylic acids is 1. The lowest BCUT2D eigenvalue weighted by Gasteiger charge is -2.12. The Bertz CT molecular complexity index is 1490. The monoisotopic (exact) mass is 491 g/mol. The van der Waals surface area contributed by atoms with Crippen LogP contribution in [0.4, 0.5) is 4.39 Å². The van der Waals surface area contributed by atoms with E-state index in [2.05, 4.69) is 27.6 Å². The van der Waals surface area contributed by atoms with E-state index in [-0.39, 0.29) is 23.9 Å². The van der Waals surface area contributed by atoms with Gasteiger partial charge < -0.3 is 10.2 Å². The van der Waals surface area contributed by atoms with Crippen molar-refractivity contribution in [2.24, 2.45) is 5.16 Å². The molecule has 184 valence electrons. The minimum Gasteiger partial charge on any atom is -0.385 e. The molecule has 1 fully saturated rings. The van der Waals surface area contributed by atoms with Gasteiger partial charge in [-0.25, -0.2) is 4.39 Å². The summed E-state index contributed by atoms with van der Waals surface area (Å²) in [6, 6.07) is 26.5. The number of oxime groups is 1. The van der Waals surface area contributed by atoms with Crippen LogP contribution in [0.15, 0.2) is 96.3 Å². The third-order valence-corrected chi connectivity index (χ3v) is 6.99. The second-order valence-electron chi connectivity index (χ2n) is 9.71. The van der Waals surface area contributed by atoms with Crippen molar-refractivity contribution in [3.63, 3.8) is 0 Å². The summed E-state index contributed by atoms with van der Waals surface area (Å²) < 4.78 is 15.0. The molecule has 1 aliphatic heterocycles. The highest BCUT2D eigenvalue weighted by molar-refractivity contribution is 6.05. The first-order valence-electron chi connectivity index (χ1n) is 12.5. The van der Waals surface area contributed by atoms with E-state index in [0.29, 0.717) is 34.7 Å². The van der Waals surface area contributed by atoms with E-state index < -0.39 is 0 Å². The highest BCUT2D eigenvalue weighted by Gasteiger charge is 2.39. The zero-order valence-electron chi connectivity index (χ0n) is 20.4. The van der Waals surface area contributed by atoms with Crippen LogP contribution in [0.5, 0.6) is 0 Å². The first kappa shape index (κ1) is 23.1. The Morgan fingerprint density at radius 3 is 2.57 bits per heavy atom. The quantitative estimate of drug-likeness (QED) is 0.342. The standard InChI is InChI=1S/C31H26FN3O2/c1-19-10-11-24(26(32)13-19)21-14-22(28-18-30(37-35-28)27-9-5-6-12-33-27)16-23(15-21)31(36)34-29-17-25(29)20-7-3-2-4-8-20/h2-16,25,29-30H,17-18H2,1H3,(H,34,36). The van der Waals surface area contributed by atoms with Crippen LogP contribution < -0.4 is 5.32 Å². The van der Waals surface area contributed by atoms with Gasteiger partial charge >= 0.3 is 0 Å². The predicted octanol–water partition coefficient (Wildman–Crippen LogP) is 6.35. The topological polar surface area (TPSA) is 63.6 Å². The van der Waals surface area contributed by atoms with Gasteiger partial charge in [0.25, 0.3) is 5.91 Å². The summed E-state index contributed by atoms with van der Waals surface area (Å²) in [5.74, 6) is -0.195. The van der Waals surface area contributed by atoms with Crippen LogP contribution in [0.1, 0.15) is 57.6 Å². The number of hydrogen-bond acceptors (Lipinski definition) is 4. The number of nitrogens with one attached hydrogen (secondary N) is 1. The Morgan fingerprint density at radius 1 is 0.973 bits per heavy atom. The largest absolute Gasteiger partial charge is 0.385 e. The molecule has 3 aromatic carbocycles. The van der Waals surface area contributed by atoms with E-state index in [1.165, 1.54) is 11.6 Å². The summed E-state index contributed by atoms with van der Waals surface area (Å²) in [7, 11) is 0. The number of rotatable bonds is 6. The van der Waals surface area contributed by atoms with Gasteiger partial charge in [0.05, 0.1) is 11.4 Å². The molecule has 0 bridgehead atoms. The van der Waals surface area contributed by atoms with Crippen molar-refractivity contribution in [3.8, 4) is 11.1 Å². The number of aromatic nitrogens is 1. The van der Waals surface area contributed by atoms with Crippen molar-refractivity contribution in [2.75, 3.05) is 0 Å². The van der Waals surface area contributed by atoms with Crippen LogP contribution in [-0.2, 0) is 4.84 Å². The van der Waals surface area contributed by atoms with E-state index in [1.807, 2.05) is 61.5 Å². The maximum Gasteiger partial charge on any atom is 0.251 e. The maximum absolute atomic E-state index is 15.0. The molecule has 3 atom stereocenters. The first-order valence-corrected chi connectivity index (χ1v) is 12.5. The number of halogens is 1. The third kappa shape index (κ3) is 4.87. The van der Waals surface area contributed by atoms with Gasteiger partial charge in [0.15, 0.2) is 6.10 Å². The zero-order valence-corrected chi connectivity index (χ0v) is 20.4. The Hall–Kier alpha value is -4.32. The van der Waals surface area contributed by atoms with Gasteiger partial charge in [-0.3, -0.25) is 9.78 Å². The molecule has 2 aliphatic rings. The SMILES string of the molecule is Cc1ccc(-c2cc(C(=O)NC3CC3c3ccccc3)cc(C3=NOC(c4ccccn4)C3)c2)c(F)c1. The number of benzene rings is 3. The molecule has 1 aliphatic carbocycles. The zero-order chi connectivity index (χ0) is 25.4. The lowest BCUT2D eigenvalue weighted by Crippen LogP contribution is -2.27. The molecule has 0 radical (unpaired) electrons. The van der Waals surface area contributed by atoms with E-state index in [9.17, 15) is 9.18 Å². The Kier molecular flexibility index (Phi) is 6.01. The van der Waals surface area contributed by atoms with E-state index in [4.69, 9.17) is 4.84 Å². The van der Waals surface area contributed by atoms with Crippen LogP contribution in [0.3, 0.4) is 0 Å². The summed E-state index contributed by atoms with van der Waals surface area (Å²) in [5, 5.41) is 7.47. The molecule has 5 nitrogen and oxygen atoms in total. The maximum atomic E-state index is 15.0. The molecule has 4 aromatic rings. The van der Waals surface area contributed by atoms with Crippen molar-refractivity contribution < 1.29 is 14.0 Å². The van der Waals surface area contributed by atoms with Crippen LogP contribution in [-0.4, -0.2) is 22.6 Å². The van der Waals surface area contributed by atoms with E-state index in [0.717, 1.165) is 23.2 Å². The average Bonchev–Trinajstić information content (AvgIpc) is 3.50. The van der Waals surface area contributed by atoms with E-state index >= 15 is 0 Å². The summed E-state index contributed by atoms with van der Waals surface area (Å²) in [5.41, 5.74) is 5.82. The summed E-state index contributed by atoms with van der Waals surface area (Å²) in [6.07, 6.45) is 2.84. The molecule has 2 heterocycles. The molecule has 0 spiro atoms. The third-order valence-electron chi connectivity index (χ3n) is 6.99. The first-order chi connectivity index (χ1) is 18.0. The van der Waals surface area contributed by atoms with Crippen molar-refractivity contribution in [2.45, 2.75) is 37.8 Å². The fourth-order valence-electron chi connectivity index (χ4n) is 4.88. The van der Waals surface area contributed by atoms with Crippen LogP contribution in [0, 0.1) is 12.7 Å². The van der Waals surface area contributed by atoms with Gasteiger partial charge in [-0.15, -0.1) is 0 Å². The van der Waals surface area contributed by atoms with Gasteiger partial charge in [0.1, 0.15) is 5.82 Å². The molecule has 3 unspecified atom stereocenters. The molecule has 1 saturated carbocycles. The fourth-order valence-corrected chi connectivity index (χ4v) is 4.88. The van der Waals surface area contributed by atoms with Crippen molar-refractivity contribution in [3.05, 3.63) is 125 Å². The minimum atomic E-state index is -0.328. The second kappa shape index (κ2) is 9.62. The normalized spacial score (nSPS) is 20.2. The number of pyridine rings is 1. The van der Waals surface area contributed by atoms with Crippen molar-refractivity contribution >= 4 is 11.6 Å². The molecular weight excluding hydrogens is 465 g/mol. The highest BCUT2D eigenvalue weighted by Crippen LogP contribution is 2.41. The summed E-state index contributed by atoms with van der Waals surface area (Å²) in [4.78, 5) is 23.4. The van der Waals surface area contributed by atoms with E-state index in [1.54, 1.807) is 18.3 Å². The number of amides is 1. The average molecular weight is 492 g/mol. The second-order valence-corrected chi connectivity index (χ2v) is 9.71. The number of nitrogens with zero attached hydrogens (tertiary/aromatic N) is 2. The lowest BCUT2D eigenvalue weighted by molar-refractivity contribution is 0.0826. The van der Waals surface area contributed by atoms with Crippen LogP contribution in [0.25, 0.3) is 11.1 Å². The molecular formula is C31H26FN3O2. The minimum absolute atomic E-state index is 0.0822. The predicted molar refractivity (Wildman–Crippen MR) is 141 cm³/mol. The molecule has 1 N–H and O–H groups in total. The van der Waals surface area contributed by atoms with Gasteiger partial charge in [-0.05, 0) is 66.4 Å². The van der Waals surface area contributed by atoms with Crippen molar-refractivity contribution in [1.82, 2.24) is 10.3 Å². The molecule has 1 aromatic heterocycles. The summed E-state index contributed by atoms with van der Waals surface area (Å²) in [6.45, 7) is 1.85. The lowest BCUT2D eigenvalue weighted by atomic mass is 9.94. The number of aryl methyl sites for hydroxylation is 1. The van der Waals surface area contributed by atoms with Gasteiger partial charge in [0, 0.05) is 41.3 Å². The van der Waals surface area contributed by atoms with Gasteiger partial charge in [-0.1, -0.05) is 53.7 Å². The Morgan fingerprint density at radius 2 is 1.78 bits per heavy atom. The van der Waals surface area contributed by atoms with Crippen LogP contribution >= 0.6 is 0 Å². The molecule has 1 amide bonds. The van der Waals surface area contributed by atoms with Crippen molar-refractivity contribution in [1.29, 1.82) is 0 Å². The Balaban J connectivity index is 1.30. The smallest absolute Gasteiger partial charge is 0.251 e.